The average Bonchev–Trinajstić information content (AvgIpc) is 1.26. The summed E-state index contributed by atoms with van der Waals surface area (Å²) in [5.41, 5.74) is 0.778. The maximum Gasteiger partial charge on any atom is -0.0297 e. The van der Waals surface area contributed by atoms with E-state index in [1.54, 1.807) is 12.8 Å². The molecule has 0 unspecified atom stereocenters. The van der Waals surface area contributed by atoms with Crippen molar-refractivity contribution in [1.29, 1.82) is 0 Å². The first-order valence-electron chi connectivity index (χ1n) is 3.21. The van der Waals surface area contributed by atoms with E-state index in [0.717, 1.165) is 17.3 Å². The standard InChI is InChI=1S/C7H12.CH4/c1-7(2)5-3-6(7)4-5;/h5-6H,3-4H2,1-2H3;1H4. The van der Waals surface area contributed by atoms with Gasteiger partial charge in [-0.05, 0) is 30.1 Å². The van der Waals surface area contributed by atoms with E-state index in [1.807, 2.05) is 0 Å². The van der Waals surface area contributed by atoms with Crippen molar-refractivity contribution in [3.63, 3.8) is 0 Å². The molecule has 0 aromatic rings. The van der Waals surface area contributed by atoms with Gasteiger partial charge in [0.15, 0.2) is 0 Å². The quantitative estimate of drug-likeness (QED) is 0.452. The monoisotopic (exact) mass is 112 g/mol. The van der Waals surface area contributed by atoms with Crippen LogP contribution in [0.1, 0.15) is 34.1 Å². The van der Waals surface area contributed by atoms with Crippen LogP contribution in [0.15, 0.2) is 0 Å². The number of rotatable bonds is 0. The highest BCUT2D eigenvalue weighted by Gasteiger charge is 2.58. The lowest BCUT2D eigenvalue weighted by Crippen LogP contribution is -2.57. The molecule has 0 aliphatic heterocycles. The van der Waals surface area contributed by atoms with Crippen molar-refractivity contribution in [2.45, 2.75) is 34.1 Å². The van der Waals surface area contributed by atoms with E-state index in [1.165, 1.54) is 0 Å². The first kappa shape index (κ1) is 6.12. The molecular weight excluding hydrogens is 96.1 g/mol. The fraction of sp³-hybridized carbons (Fsp3) is 1.00. The van der Waals surface area contributed by atoms with Crippen molar-refractivity contribution in [2.75, 3.05) is 0 Å². The summed E-state index contributed by atoms with van der Waals surface area (Å²) in [4.78, 5) is 0. The van der Waals surface area contributed by atoms with E-state index < -0.39 is 0 Å². The van der Waals surface area contributed by atoms with Crippen molar-refractivity contribution < 1.29 is 0 Å². The van der Waals surface area contributed by atoms with Gasteiger partial charge in [0.05, 0.1) is 0 Å². The van der Waals surface area contributed by atoms with Crippen molar-refractivity contribution in [3.05, 3.63) is 0 Å². The molecule has 3 aliphatic rings. The van der Waals surface area contributed by atoms with Gasteiger partial charge in [0, 0.05) is 0 Å². The van der Waals surface area contributed by atoms with Crippen LogP contribution in [-0.2, 0) is 0 Å². The molecule has 8 heavy (non-hydrogen) atoms. The van der Waals surface area contributed by atoms with E-state index in [0.29, 0.717) is 0 Å². The minimum Gasteiger partial charge on any atom is -0.0776 e. The zero-order valence-electron chi connectivity index (χ0n) is 5.07. The van der Waals surface area contributed by atoms with Gasteiger partial charge in [0.2, 0.25) is 0 Å². The first-order chi connectivity index (χ1) is 3.21. The summed E-state index contributed by atoms with van der Waals surface area (Å²) >= 11 is 0. The fourth-order valence-electron chi connectivity index (χ4n) is 1.85. The Bertz CT molecular complexity index is 86.6. The molecule has 48 valence electrons. The van der Waals surface area contributed by atoms with Gasteiger partial charge in [0.25, 0.3) is 0 Å². The minimum absolute atomic E-state index is 0. The number of hydrogen-bond acceptors (Lipinski definition) is 0. The topological polar surface area (TPSA) is 0 Å². The summed E-state index contributed by atoms with van der Waals surface area (Å²) in [6.07, 6.45) is 3.10. The highest BCUT2D eigenvalue weighted by atomic mass is 14.6. The van der Waals surface area contributed by atoms with Crippen molar-refractivity contribution >= 4 is 0 Å². The van der Waals surface area contributed by atoms with Crippen molar-refractivity contribution in [1.82, 2.24) is 0 Å². The molecule has 0 aromatic carbocycles. The van der Waals surface area contributed by atoms with Crippen LogP contribution in [0.3, 0.4) is 0 Å². The summed E-state index contributed by atoms with van der Waals surface area (Å²) in [5.74, 6) is 2.25. The molecular formula is C8H16. The molecule has 3 saturated carbocycles. The molecule has 0 nitrogen and oxygen atoms in total. The largest absolute Gasteiger partial charge is 0.0776 e. The van der Waals surface area contributed by atoms with E-state index in [-0.39, 0.29) is 7.43 Å². The van der Waals surface area contributed by atoms with Crippen LogP contribution < -0.4 is 0 Å². The predicted molar refractivity (Wildman–Crippen MR) is 36.7 cm³/mol. The average molecular weight is 112 g/mol. The van der Waals surface area contributed by atoms with Gasteiger partial charge in [-0.2, -0.15) is 0 Å². The third-order valence-electron chi connectivity index (χ3n) is 3.24. The number of hydrogen-bond donors (Lipinski definition) is 0. The minimum atomic E-state index is 0. The lowest BCUT2D eigenvalue weighted by molar-refractivity contribution is -0.156. The van der Waals surface area contributed by atoms with E-state index >= 15 is 0 Å². The van der Waals surface area contributed by atoms with Crippen LogP contribution in [0.2, 0.25) is 0 Å². The molecule has 0 atom stereocenters. The molecule has 0 N–H and O–H groups in total. The molecule has 0 saturated heterocycles. The summed E-state index contributed by atoms with van der Waals surface area (Å²) < 4.78 is 0. The lowest BCUT2D eigenvalue weighted by Gasteiger charge is -2.65. The zero-order chi connectivity index (χ0) is 5.07. The van der Waals surface area contributed by atoms with E-state index in [4.69, 9.17) is 0 Å². The lowest BCUT2D eigenvalue weighted by atomic mass is 9.40. The van der Waals surface area contributed by atoms with Gasteiger partial charge in [-0.3, -0.25) is 0 Å². The van der Waals surface area contributed by atoms with Gasteiger partial charge in [-0.15, -0.1) is 0 Å². The van der Waals surface area contributed by atoms with E-state index in [2.05, 4.69) is 13.8 Å². The smallest absolute Gasteiger partial charge is 0.0297 e. The Morgan fingerprint density at radius 1 is 1.12 bits per heavy atom. The van der Waals surface area contributed by atoms with Crippen LogP contribution >= 0.6 is 0 Å². The summed E-state index contributed by atoms with van der Waals surface area (Å²) in [6.45, 7) is 4.80. The van der Waals surface area contributed by atoms with Gasteiger partial charge in [-0.1, -0.05) is 21.3 Å². The highest BCUT2D eigenvalue weighted by molar-refractivity contribution is 5.07. The maximum atomic E-state index is 2.40. The molecule has 0 heteroatoms. The Balaban J connectivity index is 0.000000320. The van der Waals surface area contributed by atoms with Crippen molar-refractivity contribution in [2.24, 2.45) is 17.3 Å². The first-order valence-corrected chi connectivity index (χ1v) is 3.21. The molecule has 0 heterocycles. The second-order valence-electron chi connectivity index (χ2n) is 3.69. The predicted octanol–water partition coefficient (Wildman–Crippen LogP) is 2.69. The van der Waals surface area contributed by atoms with Crippen molar-refractivity contribution in [3.8, 4) is 0 Å². The fourth-order valence-corrected chi connectivity index (χ4v) is 1.85. The second-order valence-corrected chi connectivity index (χ2v) is 3.69. The molecule has 3 fully saturated rings. The Morgan fingerprint density at radius 2 is 1.38 bits per heavy atom. The third kappa shape index (κ3) is 0.375. The van der Waals surface area contributed by atoms with E-state index in [9.17, 15) is 0 Å². The van der Waals surface area contributed by atoms with Gasteiger partial charge in [0.1, 0.15) is 0 Å². The molecule has 3 rings (SSSR count). The van der Waals surface area contributed by atoms with Crippen LogP contribution in [0.4, 0.5) is 0 Å². The van der Waals surface area contributed by atoms with Crippen LogP contribution in [-0.4, -0.2) is 0 Å². The van der Waals surface area contributed by atoms with Gasteiger partial charge < -0.3 is 0 Å². The third-order valence-corrected chi connectivity index (χ3v) is 3.24. The van der Waals surface area contributed by atoms with Crippen LogP contribution in [0.25, 0.3) is 0 Å². The maximum absolute atomic E-state index is 2.40. The second kappa shape index (κ2) is 1.29. The Morgan fingerprint density at radius 3 is 1.38 bits per heavy atom. The Hall–Kier alpha value is 0. The molecule has 0 aromatic heterocycles. The zero-order valence-corrected chi connectivity index (χ0v) is 5.07. The molecule has 3 aliphatic carbocycles. The SMILES string of the molecule is C.CC1(C)C2CC1C2. The summed E-state index contributed by atoms with van der Waals surface area (Å²) in [6, 6.07) is 0. The molecule has 2 bridgehead atoms. The van der Waals surface area contributed by atoms with Crippen LogP contribution in [0, 0.1) is 17.3 Å². The van der Waals surface area contributed by atoms with Gasteiger partial charge >= 0.3 is 0 Å². The Labute approximate surface area is 52.3 Å². The highest BCUT2D eigenvalue weighted by Crippen LogP contribution is 2.66. The molecule has 0 spiro atoms. The normalized spacial score (nSPS) is 45.8. The Kier molecular flexibility index (Phi) is 0.984. The van der Waals surface area contributed by atoms with Gasteiger partial charge in [-0.25, -0.2) is 0 Å². The summed E-state index contributed by atoms with van der Waals surface area (Å²) in [5, 5.41) is 0. The van der Waals surface area contributed by atoms with Crippen LogP contribution in [0.5, 0.6) is 0 Å². The molecule has 0 amide bonds. The summed E-state index contributed by atoms with van der Waals surface area (Å²) in [7, 11) is 0. The molecule has 0 radical (unpaired) electrons.